The van der Waals surface area contributed by atoms with E-state index in [0.717, 1.165) is 31.4 Å². The highest BCUT2D eigenvalue weighted by atomic mass is 32.2. The second-order valence-corrected chi connectivity index (χ2v) is 6.68. The molecule has 8 heteroatoms. The zero-order valence-electron chi connectivity index (χ0n) is 11.3. The van der Waals surface area contributed by atoms with Crippen LogP contribution in [0.25, 0.3) is 0 Å². The molecule has 21 heavy (non-hydrogen) atoms. The molecule has 1 amide bonds. The molecule has 0 aliphatic heterocycles. The lowest BCUT2D eigenvalue weighted by molar-refractivity contribution is -0.387. The van der Waals surface area contributed by atoms with Crippen molar-refractivity contribution in [3.8, 4) is 0 Å². The standard InChI is InChI=1S/C13H16N2O5S/c16-13(10-6-2-1-3-7-10)14-21(19,20)12-9-5-4-8-11(12)15(17)18/h4-5,8-10H,1-3,6-7H2,(H,14,16). The second-order valence-electron chi connectivity index (χ2n) is 5.03. The third-order valence-electron chi connectivity index (χ3n) is 3.56. The summed E-state index contributed by atoms with van der Waals surface area (Å²) < 4.78 is 26.3. The Morgan fingerprint density at radius 1 is 1.19 bits per heavy atom. The number of nitro benzene ring substituents is 1. The molecule has 0 unspecified atom stereocenters. The molecule has 0 radical (unpaired) electrons. The molecule has 1 aromatic carbocycles. The quantitative estimate of drug-likeness (QED) is 0.675. The molecule has 114 valence electrons. The number of nitrogens with one attached hydrogen (secondary N) is 1. The summed E-state index contributed by atoms with van der Waals surface area (Å²) >= 11 is 0. The van der Waals surface area contributed by atoms with E-state index in [1.165, 1.54) is 12.1 Å². The molecule has 0 atom stereocenters. The van der Waals surface area contributed by atoms with Crippen LogP contribution in [0.3, 0.4) is 0 Å². The van der Waals surface area contributed by atoms with Crippen molar-refractivity contribution in [1.82, 2.24) is 4.72 Å². The van der Waals surface area contributed by atoms with Gasteiger partial charge in [0.15, 0.2) is 4.90 Å². The van der Waals surface area contributed by atoms with E-state index >= 15 is 0 Å². The summed E-state index contributed by atoms with van der Waals surface area (Å²) in [5.74, 6) is -0.913. The van der Waals surface area contributed by atoms with Crippen molar-refractivity contribution in [2.75, 3.05) is 0 Å². The van der Waals surface area contributed by atoms with E-state index in [2.05, 4.69) is 0 Å². The van der Waals surface area contributed by atoms with E-state index in [4.69, 9.17) is 0 Å². The predicted octanol–water partition coefficient (Wildman–Crippen LogP) is 1.98. The number of benzene rings is 1. The number of hydrogen-bond acceptors (Lipinski definition) is 5. The maximum Gasteiger partial charge on any atom is 0.289 e. The molecule has 0 aromatic heterocycles. The average molecular weight is 312 g/mol. The van der Waals surface area contributed by atoms with Crippen molar-refractivity contribution >= 4 is 21.6 Å². The van der Waals surface area contributed by atoms with Gasteiger partial charge in [-0.2, -0.15) is 0 Å². The lowest BCUT2D eigenvalue weighted by atomic mass is 9.89. The largest absolute Gasteiger partial charge is 0.289 e. The van der Waals surface area contributed by atoms with Crippen LogP contribution in [-0.4, -0.2) is 19.2 Å². The summed E-state index contributed by atoms with van der Waals surface area (Å²) in [6.07, 6.45) is 4.13. The Hall–Kier alpha value is -1.96. The number of para-hydroxylation sites is 1. The first-order valence-corrected chi connectivity index (χ1v) is 8.20. The summed E-state index contributed by atoms with van der Waals surface area (Å²) in [4.78, 5) is 21.6. The van der Waals surface area contributed by atoms with Crippen LogP contribution < -0.4 is 4.72 Å². The summed E-state index contributed by atoms with van der Waals surface area (Å²) in [7, 11) is -4.23. The lowest BCUT2D eigenvalue weighted by Crippen LogP contribution is -2.36. The Labute approximate surface area is 122 Å². The molecule has 0 bridgehead atoms. The smallest absolute Gasteiger partial charge is 0.274 e. The number of rotatable bonds is 4. The molecule has 0 heterocycles. The molecule has 1 fully saturated rings. The minimum Gasteiger partial charge on any atom is -0.274 e. The third-order valence-corrected chi connectivity index (χ3v) is 4.96. The minimum atomic E-state index is -4.23. The van der Waals surface area contributed by atoms with Gasteiger partial charge in [0.1, 0.15) is 0 Å². The van der Waals surface area contributed by atoms with Crippen molar-refractivity contribution in [3.63, 3.8) is 0 Å². The van der Waals surface area contributed by atoms with Crippen LogP contribution in [0, 0.1) is 16.0 Å². The van der Waals surface area contributed by atoms with E-state index in [1.807, 2.05) is 4.72 Å². The molecule has 1 aliphatic carbocycles. The van der Waals surface area contributed by atoms with Crippen molar-refractivity contribution in [2.45, 2.75) is 37.0 Å². The van der Waals surface area contributed by atoms with Crippen LogP contribution in [0.1, 0.15) is 32.1 Å². The second kappa shape index (κ2) is 6.21. The van der Waals surface area contributed by atoms with Gasteiger partial charge in [0.25, 0.3) is 15.7 Å². The third kappa shape index (κ3) is 3.57. The maximum atomic E-state index is 12.2. The van der Waals surface area contributed by atoms with Crippen LogP contribution in [0.4, 0.5) is 5.69 Å². The topological polar surface area (TPSA) is 106 Å². The van der Waals surface area contributed by atoms with Crippen LogP contribution in [0.5, 0.6) is 0 Å². The summed E-state index contributed by atoms with van der Waals surface area (Å²) in [6.45, 7) is 0. The van der Waals surface area contributed by atoms with Gasteiger partial charge in [0, 0.05) is 12.0 Å². The van der Waals surface area contributed by atoms with Crippen molar-refractivity contribution < 1.29 is 18.1 Å². The summed E-state index contributed by atoms with van der Waals surface area (Å²) in [5.41, 5.74) is -0.540. The molecular formula is C13H16N2O5S. The highest BCUT2D eigenvalue weighted by Gasteiger charge is 2.30. The number of sulfonamides is 1. The number of amides is 1. The first-order valence-electron chi connectivity index (χ1n) is 6.72. The van der Waals surface area contributed by atoms with E-state index in [1.54, 1.807) is 0 Å². The van der Waals surface area contributed by atoms with Crippen molar-refractivity contribution in [1.29, 1.82) is 0 Å². The molecule has 0 saturated heterocycles. The Morgan fingerprint density at radius 3 is 2.43 bits per heavy atom. The normalized spacial score (nSPS) is 16.4. The van der Waals surface area contributed by atoms with Gasteiger partial charge < -0.3 is 0 Å². The molecular weight excluding hydrogens is 296 g/mol. The minimum absolute atomic E-state index is 0.337. The first-order chi connectivity index (χ1) is 9.92. The van der Waals surface area contributed by atoms with Gasteiger partial charge in [-0.1, -0.05) is 31.4 Å². The molecule has 2 rings (SSSR count). The van der Waals surface area contributed by atoms with Gasteiger partial charge in [0.2, 0.25) is 5.91 Å². The van der Waals surface area contributed by atoms with Gasteiger partial charge in [-0.3, -0.25) is 14.9 Å². The number of carbonyl (C=O) groups is 1. The van der Waals surface area contributed by atoms with Crippen molar-refractivity contribution in [3.05, 3.63) is 34.4 Å². The zero-order valence-corrected chi connectivity index (χ0v) is 12.1. The van der Waals surface area contributed by atoms with E-state index < -0.39 is 31.4 Å². The number of nitro groups is 1. The molecule has 7 nitrogen and oxygen atoms in total. The molecule has 1 N–H and O–H groups in total. The van der Waals surface area contributed by atoms with Gasteiger partial charge in [-0.15, -0.1) is 0 Å². The Kier molecular flexibility index (Phi) is 4.56. The van der Waals surface area contributed by atoms with Gasteiger partial charge >= 0.3 is 0 Å². The fourth-order valence-corrected chi connectivity index (χ4v) is 3.69. The number of carbonyl (C=O) groups excluding carboxylic acids is 1. The van der Waals surface area contributed by atoms with Crippen molar-refractivity contribution in [2.24, 2.45) is 5.92 Å². The van der Waals surface area contributed by atoms with Crippen LogP contribution >= 0.6 is 0 Å². The monoisotopic (exact) mass is 312 g/mol. The van der Waals surface area contributed by atoms with E-state index in [9.17, 15) is 23.3 Å². The first kappa shape index (κ1) is 15.4. The lowest BCUT2D eigenvalue weighted by Gasteiger charge is -2.20. The van der Waals surface area contributed by atoms with Gasteiger partial charge in [-0.05, 0) is 18.9 Å². The Balaban J connectivity index is 2.22. The SMILES string of the molecule is O=C(NS(=O)(=O)c1ccccc1[N+](=O)[O-])C1CCCCC1. The van der Waals surface area contributed by atoms with Gasteiger partial charge in [-0.25, -0.2) is 13.1 Å². The van der Waals surface area contributed by atoms with E-state index in [0.29, 0.717) is 12.8 Å². The van der Waals surface area contributed by atoms with Crippen LogP contribution in [0.15, 0.2) is 29.2 Å². The summed E-state index contributed by atoms with van der Waals surface area (Å²) in [6, 6.07) is 4.97. The molecule has 0 spiro atoms. The van der Waals surface area contributed by atoms with Crippen LogP contribution in [0.2, 0.25) is 0 Å². The number of nitrogens with zero attached hydrogens (tertiary/aromatic N) is 1. The fraction of sp³-hybridized carbons (Fsp3) is 0.462. The zero-order chi connectivity index (χ0) is 15.5. The highest BCUT2D eigenvalue weighted by molar-refractivity contribution is 7.90. The molecule has 1 aromatic rings. The summed E-state index contributed by atoms with van der Waals surface area (Å²) in [5, 5.41) is 10.9. The Bertz CT molecular complexity index is 650. The highest BCUT2D eigenvalue weighted by Crippen LogP contribution is 2.26. The molecule has 1 saturated carbocycles. The fourth-order valence-electron chi connectivity index (χ4n) is 2.47. The Morgan fingerprint density at radius 2 is 1.81 bits per heavy atom. The number of hydrogen-bond donors (Lipinski definition) is 1. The average Bonchev–Trinajstić information content (AvgIpc) is 2.47. The van der Waals surface area contributed by atoms with E-state index in [-0.39, 0.29) is 5.92 Å². The molecule has 1 aliphatic rings. The van der Waals surface area contributed by atoms with Gasteiger partial charge in [0.05, 0.1) is 4.92 Å². The maximum absolute atomic E-state index is 12.2. The predicted molar refractivity (Wildman–Crippen MR) is 75.0 cm³/mol. The van der Waals surface area contributed by atoms with Crippen LogP contribution in [-0.2, 0) is 14.8 Å².